The number of amides is 1. The van der Waals surface area contributed by atoms with Crippen LogP contribution in [0.25, 0.3) is 0 Å². The Morgan fingerprint density at radius 1 is 1.11 bits per heavy atom. The monoisotopic (exact) mass is 502 g/mol. The van der Waals surface area contributed by atoms with Crippen molar-refractivity contribution in [2.45, 2.75) is 50.6 Å². The lowest BCUT2D eigenvalue weighted by atomic mass is 9.98. The number of nitrogens with zero attached hydrogens (tertiary/aromatic N) is 2. The summed E-state index contributed by atoms with van der Waals surface area (Å²) in [5.74, 6) is -2.61. The summed E-state index contributed by atoms with van der Waals surface area (Å²) in [5, 5.41) is 7.12. The molecule has 0 aromatic heterocycles. The van der Waals surface area contributed by atoms with Gasteiger partial charge in [-0.1, -0.05) is 18.2 Å². The molecule has 1 N–H and O–H groups in total. The van der Waals surface area contributed by atoms with Crippen molar-refractivity contribution in [1.82, 2.24) is 9.80 Å². The molecule has 1 amide bonds. The summed E-state index contributed by atoms with van der Waals surface area (Å²) in [6.07, 6.45) is -1.91. The maximum absolute atomic E-state index is 13.0. The summed E-state index contributed by atoms with van der Waals surface area (Å²) in [6, 6.07) is 8.06. The molecule has 0 saturated carbocycles. The molecule has 196 valence electrons. The minimum atomic E-state index is -5.08. The molecule has 1 aromatic rings. The molecule has 11 heteroatoms. The number of halogens is 3. The van der Waals surface area contributed by atoms with Crippen LogP contribution in [-0.2, 0) is 19.0 Å². The number of aliphatic carboxylic acids is 1. The molecule has 3 atom stereocenters. The first-order valence-corrected chi connectivity index (χ1v) is 11.9. The number of benzene rings is 1. The van der Waals surface area contributed by atoms with Crippen molar-refractivity contribution >= 4 is 11.9 Å². The topological polar surface area (TPSA) is 88.5 Å². The second-order valence-corrected chi connectivity index (χ2v) is 8.88. The lowest BCUT2D eigenvalue weighted by molar-refractivity contribution is -0.192. The Morgan fingerprint density at radius 2 is 1.80 bits per heavy atom. The first-order valence-electron chi connectivity index (χ1n) is 11.9. The van der Waals surface area contributed by atoms with E-state index >= 15 is 0 Å². The van der Waals surface area contributed by atoms with Gasteiger partial charge in [-0.25, -0.2) is 4.79 Å². The number of carboxylic acids is 1. The zero-order valence-electron chi connectivity index (χ0n) is 19.8. The third-order valence-corrected chi connectivity index (χ3v) is 6.47. The lowest BCUT2D eigenvalue weighted by Gasteiger charge is -2.36. The molecule has 3 heterocycles. The number of hydrogen-bond acceptors (Lipinski definition) is 6. The van der Waals surface area contributed by atoms with E-state index in [-0.39, 0.29) is 24.2 Å². The van der Waals surface area contributed by atoms with Crippen molar-refractivity contribution in [3.05, 3.63) is 35.4 Å². The van der Waals surface area contributed by atoms with Crippen molar-refractivity contribution in [2.24, 2.45) is 0 Å². The van der Waals surface area contributed by atoms with Gasteiger partial charge >= 0.3 is 12.1 Å². The van der Waals surface area contributed by atoms with Crippen LogP contribution in [0.1, 0.15) is 35.2 Å². The smallest absolute Gasteiger partial charge is 0.475 e. The SMILES string of the molecule is Cc1ccccc1C(=O)N1CC[C@H]2O[C@@H](COCCN3CCOCC3)CC[C@H]21.O=C(O)C(F)(F)F. The zero-order valence-corrected chi connectivity index (χ0v) is 19.8. The standard InChI is InChI=1S/C22H32N2O4.C2HF3O2/c1-17-4-2-3-5-19(17)22(25)24-9-8-21-20(24)7-6-18(28-21)16-27-15-12-23-10-13-26-14-11-23;3-2(4,5)1(6)7/h2-5,18,20-21H,6-16H2,1H3;(H,6,7)/t18-,20-,21-;/m1./s1. The number of carboxylic acid groups (broad SMARTS) is 1. The van der Waals surface area contributed by atoms with Crippen LogP contribution in [-0.4, -0.2) is 104 Å². The van der Waals surface area contributed by atoms with E-state index in [0.29, 0.717) is 6.61 Å². The predicted molar refractivity (Wildman–Crippen MR) is 120 cm³/mol. The van der Waals surface area contributed by atoms with E-state index in [0.717, 1.165) is 76.4 Å². The van der Waals surface area contributed by atoms with Gasteiger partial charge in [0.05, 0.1) is 44.7 Å². The fourth-order valence-corrected chi connectivity index (χ4v) is 4.57. The molecule has 0 spiro atoms. The van der Waals surface area contributed by atoms with Crippen LogP contribution in [0.5, 0.6) is 0 Å². The molecule has 35 heavy (non-hydrogen) atoms. The lowest BCUT2D eigenvalue weighted by Crippen LogP contribution is -2.46. The van der Waals surface area contributed by atoms with Crippen LogP contribution >= 0.6 is 0 Å². The second-order valence-electron chi connectivity index (χ2n) is 8.88. The Kier molecular flexibility index (Phi) is 9.90. The van der Waals surface area contributed by atoms with Crippen LogP contribution in [0.2, 0.25) is 0 Å². The van der Waals surface area contributed by atoms with E-state index < -0.39 is 12.1 Å². The third-order valence-electron chi connectivity index (χ3n) is 6.47. The molecular weight excluding hydrogens is 469 g/mol. The quantitative estimate of drug-likeness (QED) is 0.599. The van der Waals surface area contributed by atoms with Crippen LogP contribution in [0.3, 0.4) is 0 Å². The summed E-state index contributed by atoms with van der Waals surface area (Å²) in [4.78, 5) is 26.3. The molecule has 3 aliphatic rings. The first-order chi connectivity index (χ1) is 16.7. The maximum Gasteiger partial charge on any atom is 0.490 e. The van der Waals surface area contributed by atoms with Crippen molar-refractivity contribution in [3.8, 4) is 0 Å². The molecule has 8 nitrogen and oxygen atoms in total. The zero-order chi connectivity index (χ0) is 25.4. The molecule has 0 bridgehead atoms. The number of ether oxygens (including phenoxy) is 3. The average Bonchev–Trinajstić information content (AvgIpc) is 3.25. The third kappa shape index (κ3) is 7.89. The number of carbonyl (C=O) groups excluding carboxylic acids is 1. The summed E-state index contributed by atoms with van der Waals surface area (Å²) in [7, 11) is 0. The number of likely N-dealkylation sites (tertiary alicyclic amines) is 1. The number of alkyl halides is 3. The average molecular weight is 503 g/mol. The molecule has 0 aliphatic carbocycles. The number of carbonyl (C=O) groups is 2. The highest BCUT2D eigenvalue weighted by Crippen LogP contribution is 2.33. The van der Waals surface area contributed by atoms with Crippen LogP contribution in [0.4, 0.5) is 13.2 Å². The highest BCUT2D eigenvalue weighted by Gasteiger charge is 2.42. The Bertz CT molecular complexity index is 847. The van der Waals surface area contributed by atoms with Crippen LogP contribution < -0.4 is 0 Å². The molecule has 0 unspecified atom stereocenters. The van der Waals surface area contributed by atoms with E-state index in [2.05, 4.69) is 4.90 Å². The van der Waals surface area contributed by atoms with Gasteiger partial charge in [-0.3, -0.25) is 9.69 Å². The molecule has 3 saturated heterocycles. The Labute approximate surface area is 202 Å². The molecule has 3 fully saturated rings. The van der Waals surface area contributed by atoms with E-state index in [9.17, 15) is 18.0 Å². The number of aryl methyl sites for hydroxylation is 1. The van der Waals surface area contributed by atoms with E-state index in [1.165, 1.54) is 0 Å². The molecule has 0 radical (unpaired) electrons. The number of hydrogen-bond donors (Lipinski definition) is 1. The summed E-state index contributed by atoms with van der Waals surface area (Å²) in [5.41, 5.74) is 1.86. The van der Waals surface area contributed by atoms with Crippen LogP contribution in [0, 0.1) is 6.92 Å². The van der Waals surface area contributed by atoms with Gasteiger partial charge in [0.15, 0.2) is 0 Å². The van der Waals surface area contributed by atoms with Crippen LogP contribution in [0.15, 0.2) is 24.3 Å². The molecular formula is C24H33F3N2O6. The fourth-order valence-electron chi connectivity index (χ4n) is 4.57. The van der Waals surface area contributed by atoms with Gasteiger partial charge in [-0.2, -0.15) is 13.2 Å². The highest BCUT2D eigenvalue weighted by molar-refractivity contribution is 5.96. The largest absolute Gasteiger partial charge is 0.490 e. The molecule has 1 aromatic carbocycles. The van der Waals surface area contributed by atoms with Gasteiger partial charge in [-0.15, -0.1) is 0 Å². The van der Waals surface area contributed by atoms with Crippen molar-refractivity contribution in [3.63, 3.8) is 0 Å². The molecule has 4 rings (SSSR count). The van der Waals surface area contributed by atoms with Gasteiger partial charge in [0.25, 0.3) is 5.91 Å². The van der Waals surface area contributed by atoms with Gasteiger partial charge < -0.3 is 24.2 Å². The normalized spacial score (nSPS) is 24.9. The summed E-state index contributed by atoms with van der Waals surface area (Å²) < 4.78 is 49.3. The Morgan fingerprint density at radius 3 is 2.46 bits per heavy atom. The fraction of sp³-hybridized carbons (Fsp3) is 0.667. The summed E-state index contributed by atoms with van der Waals surface area (Å²) in [6.45, 7) is 8.79. The van der Waals surface area contributed by atoms with Gasteiger partial charge in [0, 0.05) is 31.7 Å². The van der Waals surface area contributed by atoms with Crippen molar-refractivity contribution in [1.29, 1.82) is 0 Å². The molecule has 3 aliphatic heterocycles. The first kappa shape index (κ1) is 27.4. The summed E-state index contributed by atoms with van der Waals surface area (Å²) >= 11 is 0. The van der Waals surface area contributed by atoms with Gasteiger partial charge in [0.1, 0.15) is 0 Å². The number of rotatable bonds is 6. The number of fused-ring (bicyclic) bond motifs is 1. The minimum absolute atomic E-state index is 0.148. The number of morpholine rings is 1. The van der Waals surface area contributed by atoms with Gasteiger partial charge in [-0.05, 0) is 37.8 Å². The Balaban J connectivity index is 0.000000429. The maximum atomic E-state index is 13.0. The van der Waals surface area contributed by atoms with E-state index in [1.54, 1.807) is 0 Å². The highest BCUT2D eigenvalue weighted by atomic mass is 19.4. The minimum Gasteiger partial charge on any atom is -0.475 e. The van der Waals surface area contributed by atoms with Crippen molar-refractivity contribution < 1.29 is 42.1 Å². The van der Waals surface area contributed by atoms with E-state index in [4.69, 9.17) is 24.1 Å². The van der Waals surface area contributed by atoms with E-state index in [1.807, 2.05) is 36.1 Å². The van der Waals surface area contributed by atoms with Crippen molar-refractivity contribution in [2.75, 3.05) is 52.6 Å². The van der Waals surface area contributed by atoms with Gasteiger partial charge in [0.2, 0.25) is 0 Å². The predicted octanol–water partition coefficient (Wildman–Crippen LogP) is 2.74. The Hall–Kier alpha value is -2.21. The second kappa shape index (κ2) is 12.7.